The van der Waals surface area contributed by atoms with E-state index in [0.29, 0.717) is 6.04 Å². The molecule has 1 aliphatic rings. The van der Waals surface area contributed by atoms with Gasteiger partial charge in [0.15, 0.2) is 0 Å². The van der Waals surface area contributed by atoms with Crippen molar-refractivity contribution in [3.63, 3.8) is 0 Å². The van der Waals surface area contributed by atoms with Gasteiger partial charge < -0.3 is 11.1 Å². The summed E-state index contributed by atoms with van der Waals surface area (Å²) in [6, 6.07) is 0.782. The number of allylic oxidation sites excluding steroid dienone is 3. The summed E-state index contributed by atoms with van der Waals surface area (Å²) in [4.78, 5) is 0. The van der Waals surface area contributed by atoms with Crippen LogP contribution in [0.5, 0.6) is 0 Å². The van der Waals surface area contributed by atoms with E-state index in [2.05, 4.69) is 50.4 Å². The Hall–Kier alpha value is -0.600. The van der Waals surface area contributed by atoms with Gasteiger partial charge in [-0.3, -0.25) is 0 Å². The molecule has 1 rings (SSSR count). The molecule has 0 aromatic rings. The van der Waals surface area contributed by atoms with Crippen molar-refractivity contribution in [2.24, 2.45) is 17.6 Å². The van der Waals surface area contributed by atoms with Crippen LogP contribution in [0.25, 0.3) is 0 Å². The van der Waals surface area contributed by atoms with Crippen LogP contribution in [0.15, 0.2) is 24.3 Å². The van der Waals surface area contributed by atoms with E-state index >= 15 is 0 Å². The van der Waals surface area contributed by atoms with Crippen LogP contribution in [0.4, 0.5) is 0 Å². The summed E-state index contributed by atoms with van der Waals surface area (Å²) in [7, 11) is 0. The molecule has 0 saturated heterocycles. The lowest BCUT2D eigenvalue weighted by Crippen LogP contribution is -2.40. The maximum absolute atomic E-state index is 6.16. The Morgan fingerprint density at radius 1 is 1.09 bits per heavy atom. The lowest BCUT2D eigenvalue weighted by molar-refractivity contribution is 0.190. The summed E-state index contributed by atoms with van der Waals surface area (Å²) < 4.78 is 0. The largest absolute Gasteiger partial charge is 0.324 e. The highest BCUT2D eigenvalue weighted by Crippen LogP contribution is 2.34. The molecular weight excluding hydrogens is 280 g/mol. The molecule has 0 amide bonds. The summed E-state index contributed by atoms with van der Waals surface area (Å²) in [5.74, 6) is 1.79. The van der Waals surface area contributed by atoms with Crippen LogP contribution >= 0.6 is 0 Å². The molecule has 0 aliphatic heterocycles. The van der Waals surface area contributed by atoms with Crippen molar-refractivity contribution in [3.05, 3.63) is 24.3 Å². The van der Waals surface area contributed by atoms with Gasteiger partial charge in [0, 0.05) is 12.1 Å². The first kappa shape index (κ1) is 20.4. The van der Waals surface area contributed by atoms with Gasteiger partial charge in [0.25, 0.3) is 0 Å². The number of hydrogen-bond donors (Lipinski definition) is 2. The molecule has 0 aromatic carbocycles. The average Bonchev–Trinajstić information content (AvgIpc) is 2.57. The zero-order chi connectivity index (χ0) is 16.9. The van der Waals surface area contributed by atoms with Crippen molar-refractivity contribution in [3.8, 4) is 0 Å². The van der Waals surface area contributed by atoms with Crippen LogP contribution in [-0.2, 0) is 0 Å². The Kier molecular flexibility index (Phi) is 11.4. The van der Waals surface area contributed by atoms with E-state index in [1.165, 1.54) is 44.9 Å². The fraction of sp³-hybridized carbons (Fsp3) is 0.810. The number of nitrogens with two attached hydrogens (primary N) is 1. The Balaban J connectivity index is 2.32. The number of rotatable bonds is 11. The molecule has 0 aromatic heterocycles. The van der Waals surface area contributed by atoms with E-state index in [9.17, 15) is 0 Å². The van der Waals surface area contributed by atoms with Crippen molar-refractivity contribution in [1.82, 2.24) is 5.32 Å². The van der Waals surface area contributed by atoms with Gasteiger partial charge in [0.05, 0.1) is 0 Å². The van der Waals surface area contributed by atoms with Crippen molar-refractivity contribution >= 4 is 0 Å². The van der Waals surface area contributed by atoms with Crippen LogP contribution in [0.2, 0.25) is 0 Å². The van der Waals surface area contributed by atoms with E-state index in [-0.39, 0.29) is 6.04 Å². The number of hydrogen-bond acceptors (Lipinski definition) is 2. The van der Waals surface area contributed by atoms with Crippen LogP contribution in [0, 0.1) is 11.8 Å². The Morgan fingerprint density at radius 2 is 1.83 bits per heavy atom. The molecule has 3 N–H and O–H groups in total. The maximum atomic E-state index is 6.16. The topological polar surface area (TPSA) is 38.0 Å². The normalized spacial score (nSPS) is 21.0. The molecule has 2 nitrogen and oxygen atoms in total. The maximum Gasteiger partial charge on any atom is 0.0238 e. The highest BCUT2D eigenvalue weighted by atomic mass is 14.9. The highest BCUT2D eigenvalue weighted by molar-refractivity contribution is 5.05. The van der Waals surface area contributed by atoms with E-state index in [0.717, 1.165) is 31.2 Å². The van der Waals surface area contributed by atoms with Crippen LogP contribution < -0.4 is 11.1 Å². The summed E-state index contributed by atoms with van der Waals surface area (Å²) in [5.41, 5.74) is 6.16. The third kappa shape index (κ3) is 8.72. The van der Waals surface area contributed by atoms with Gasteiger partial charge in [0.1, 0.15) is 0 Å². The van der Waals surface area contributed by atoms with Crippen LogP contribution in [0.3, 0.4) is 0 Å². The monoisotopic (exact) mass is 320 g/mol. The predicted molar refractivity (Wildman–Crippen MR) is 104 cm³/mol. The molecule has 0 spiro atoms. The summed E-state index contributed by atoms with van der Waals surface area (Å²) in [6.45, 7) is 7.89. The minimum absolute atomic E-state index is 0.163. The molecule has 3 atom stereocenters. The molecule has 1 saturated carbocycles. The standard InChI is InChI=1S/C21H40N2/c1-4-6-7-11-15-20(22)16-17-23-18(3)21(12-5-2)19-13-9-8-10-14-19/h6-7,11,15,18-21,23H,4-5,8-10,12-14,16-17,22H2,1-3H3/b7-6-,15-11+/t18-,20?,21?/m1/s1. The van der Waals surface area contributed by atoms with Gasteiger partial charge in [-0.15, -0.1) is 0 Å². The highest BCUT2D eigenvalue weighted by Gasteiger charge is 2.27. The van der Waals surface area contributed by atoms with Gasteiger partial charge >= 0.3 is 0 Å². The zero-order valence-corrected chi connectivity index (χ0v) is 15.8. The molecule has 2 unspecified atom stereocenters. The van der Waals surface area contributed by atoms with E-state index in [4.69, 9.17) is 5.73 Å². The first-order valence-electron chi connectivity index (χ1n) is 10.0. The average molecular weight is 321 g/mol. The predicted octanol–water partition coefficient (Wildman–Crippen LogP) is 5.20. The fourth-order valence-corrected chi connectivity index (χ4v) is 3.94. The van der Waals surface area contributed by atoms with Gasteiger partial charge in [-0.05, 0) is 44.6 Å². The van der Waals surface area contributed by atoms with Crippen molar-refractivity contribution in [2.75, 3.05) is 6.54 Å². The molecular formula is C21H40N2. The van der Waals surface area contributed by atoms with E-state index in [1.54, 1.807) is 0 Å². The molecule has 2 heteroatoms. The Labute approximate surface area is 145 Å². The number of nitrogens with one attached hydrogen (secondary N) is 1. The Morgan fingerprint density at radius 3 is 2.48 bits per heavy atom. The van der Waals surface area contributed by atoms with Gasteiger partial charge in [-0.1, -0.05) is 76.7 Å². The summed E-state index contributed by atoms with van der Waals surface area (Å²) in [5, 5.41) is 3.77. The summed E-state index contributed by atoms with van der Waals surface area (Å²) in [6.07, 6.45) is 20.4. The molecule has 23 heavy (non-hydrogen) atoms. The second-order valence-electron chi connectivity index (χ2n) is 7.27. The minimum atomic E-state index is 0.163. The lowest BCUT2D eigenvalue weighted by Gasteiger charge is -2.35. The lowest BCUT2D eigenvalue weighted by atomic mass is 9.75. The van der Waals surface area contributed by atoms with E-state index < -0.39 is 0 Å². The minimum Gasteiger partial charge on any atom is -0.324 e. The summed E-state index contributed by atoms with van der Waals surface area (Å²) >= 11 is 0. The van der Waals surface area contributed by atoms with Crippen molar-refractivity contribution in [2.45, 2.75) is 90.6 Å². The second kappa shape index (κ2) is 12.8. The first-order valence-corrected chi connectivity index (χ1v) is 10.0. The molecule has 1 fully saturated rings. The SMILES string of the molecule is CC/C=C\C=C\C(N)CCN[C@H](C)C(CCC)C1CCCCC1. The third-order valence-corrected chi connectivity index (χ3v) is 5.30. The second-order valence-corrected chi connectivity index (χ2v) is 7.27. The molecule has 0 bridgehead atoms. The van der Waals surface area contributed by atoms with Crippen LogP contribution in [0.1, 0.15) is 78.6 Å². The molecule has 0 radical (unpaired) electrons. The van der Waals surface area contributed by atoms with Crippen molar-refractivity contribution in [1.29, 1.82) is 0 Å². The quantitative estimate of drug-likeness (QED) is 0.513. The molecule has 1 aliphatic carbocycles. The molecule has 0 heterocycles. The van der Waals surface area contributed by atoms with Gasteiger partial charge in [-0.25, -0.2) is 0 Å². The van der Waals surface area contributed by atoms with Crippen molar-refractivity contribution < 1.29 is 0 Å². The first-order chi connectivity index (χ1) is 11.2. The van der Waals surface area contributed by atoms with Gasteiger partial charge in [0.2, 0.25) is 0 Å². The van der Waals surface area contributed by atoms with Gasteiger partial charge in [-0.2, -0.15) is 0 Å². The molecule has 134 valence electrons. The fourth-order valence-electron chi connectivity index (χ4n) is 3.94. The zero-order valence-electron chi connectivity index (χ0n) is 15.8. The van der Waals surface area contributed by atoms with E-state index in [1.807, 2.05) is 0 Å². The Bertz CT molecular complexity index is 329. The van der Waals surface area contributed by atoms with Crippen LogP contribution in [-0.4, -0.2) is 18.6 Å². The smallest absolute Gasteiger partial charge is 0.0238 e. The third-order valence-electron chi connectivity index (χ3n) is 5.30.